The van der Waals surface area contributed by atoms with Gasteiger partial charge in [0.2, 0.25) is 17.7 Å². The number of carbonyl (C=O) groups is 4. The molecule has 0 aliphatic carbocycles. The largest absolute Gasteiger partial charge is 0.494 e. The molecule has 18 heteroatoms. The Bertz CT molecular complexity index is 2690. The van der Waals surface area contributed by atoms with E-state index in [-0.39, 0.29) is 35.6 Å². The van der Waals surface area contributed by atoms with Crippen LogP contribution in [0.4, 0.5) is 11.4 Å². The number of unbranched alkanes of at least 4 members (excludes halogenated alkanes) is 3. The summed E-state index contributed by atoms with van der Waals surface area (Å²) in [6, 6.07) is 26.2. The summed E-state index contributed by atoms with van der Waals surface area (Å²) in [5.74, 6) is 1.82. The van der Waals surface area contributed by atoms with E-state index in [4.69, 9.17) is 23.9 Å². The summed E-state index contributed by atoms with van der Waals surface area (Å²) < 4.78 is 23.4. The van der Waals surface area contributed by atoms with Crippen LogP contribution in [0, 0.1) is 0 Å². The number of piperazine rings is 1. The number of aromatic nitrogens is 4. The second-order valence-electron chi connectivity index (χ2n) is 19.9. The van der Waals surface area contributed by atoms with Crippen molar-refractivity contribution in [1.29, 1.82) is 0 Å². The van der Waals surface area contributed by atoms with Gasteiger partial charge in [-0.05, 0) is 129 Å². The first-order chi connectivity index (χ1) is 36.7. The fraction of sp³-hybridized carbons (Fsp3) is 0.491. The Morgan fingerprint density at radius 3 is 2.25 bits per heavy atom. The first kappa shape index (κ1) is 53.1. The van der Waals surface area contributed by atoms with E-state index < -0.39 is 11.9 Å². The molecule has 3 saturated heterocycles. The molecule has 2 aromatic heterocycles. The third kappa shape index (κ3) is 14.0. The number of ether oxygens (including phenoxy) is 4. The number of nitrogens with one attached hydrogen (secondary N) is 4. The summed E-state index contributed by atoms with van der Waals surface area (Å²) in [6.45, 7) is 10.9. The summed E-state index contributed by atoms with van der Waals surface area (Å²) in [5.41, 5.74) is 6.52. The van der Waals surface area contributed by atoms with Crippen LogP contribution in [0.15, 0.2) is 91.3 Å². The number of nitrogens with zero attached hydrogens (tertiary/aromatic N) is 6. The minimum absolute atomic E-state index is 0.127. The number of H-pyrrole nitrogens is 1. The van der Waals surface area contributed by atoms with Crippen LogP contribution >= 0.6 is 0 Å². The maximum Gasteiger partial charge on any atom is 0.255 e. The van der Waals surface area contributed by atoms with Crippen molar-refractivity contribution in [2.24, 2.45) is 0 Å². The summed E-state index contributed by atoms with van der Waals surface area (Å²) in [7, 11) is 0. The molecule has 0 bridgehead atoms. The molecule has 4 N–H and O–H groups in total. The summed E-state index contributed by atoms with van der Waals surface area (Å²) in [6.07, 6.45) is 11.1. The molecule has 6 heterocycles. The predicted octanol–water partition coefficient (Wildman–Crippen LogP) is 6.59. The second-order valence-corrected chi connectivity index (χ2v) is 19.9. The molecule has 4 aliphatic heterocycles. The lowest BCUT2D eigenvalue weighted by Crippen LogP contribution is -2.52. The number of fused-ring (bicyclic) bond motifs is 1. The topological polar surface area (TPSA) is 205 Å². The van der Waals surface area contributed by atoms with Gasteiger partial charge in [0.25, 0.3) is 5.91 Å². The maximum absolute atomic E-state index is 13.1. The predicted molar refractivity (Wildman–Crippen MR) is 284 cm³/mol. The zero-order valence-corrected chi connectivity index (χ0v) is 43.2. The molecule has 18 nitrogen and oxygen atoms in total. The van der Waals surface area contributed by atoms with E-state index in [1.165, 1.54) is 11.1 Å². The average molecular weight is 1030 g/mol. The van der Waals surface area contributed by atoms with Gasteiger partial charge in [-0.25, -0.2) is 4.98 Å². The number of hydrogen-bond donors (Lipinski definition) is 4. The van der Waals surface area contributed by atoms with Crippen molar-refractivity contribution in [3.63, 3.8) is 0 Å². The third-order valence-electron chi connectivity index (χ3n) is 14.8. The van der Waals surface area contributed by atoms with E-state index in [1.807, 2.05) is 41.3 Å². The standard InChI is InChI=1S/C57H72N10O8/c1-41(43-9-6-11-46(37-43)62-57(20-24-59-25-21-57)56-61-53(63-64-56)42-18-22-58-23-19-42)44-10-7-12-48(39-44)75-32-5-3-2-4-30-72-33-35-74-36-34-73-31-8-13-52(69)66-28-26-65(27-29-66)47-14-15-49-45(38-47)40-67(55(49)71)50-16-17-51(68)60-54(50)70/h6-7,9-12,14-15,18-19,22-23,37-39,41,50,59,62H,2-5,8,13,16-17,20-21,24-36,40H2,1H3,(H,60,68,70)(H,61,63,64). The smallest absolute Gasteiger partial charge is 0.255 e. The minimum Gasteiger partial charge on any atom is -0.494 e. The van der Waals surface area contributed by atoms with Crippen molar-refractivity contribution in [2.75, 3.05) is 95.7 Å². The van der Waals surface area contributed by atoms with Crippen molar-refractivity contribution >= 4 is 35.0 Å². The highest BCUT2D eigenvalue weighted by Gasteiger charge is 2.40. The molecular weight excluding hydrogens is 953 g/mol. The van der Waals surface area contributed by atoms with Gasteiger partial charge in [-0.3, -0.25) is 34.6 Å². The van der Waals surface area contributed by atoms with E-state index in [9.17, 15) is 19.2 Å². The molecule has 3 aromatic carbocycles. The zero-order chi connectivity index (χ0) is 51.8. The van der Waals surface area contributed by atoms with Gasteiger partial charge in [0, 0.05) is 99.6 Å². The van der Waals surface area contributed by atoms with Crippen LogP contribution in [0.5, 0.6) is 5.75 Å². The molecule has 9 rings (SSSR count). The van der Waals surface area contributed by atoms with Crippen molar-refractivity contribution in [3.8, 4) is 17.1 Å². The molecule has 4 amide bonds. The number of carbonyl (C=O) groups excluding carboxylic acids is 4. The monoisotopic (exact) mass is 1020 g/mol. The van der Waals surface area contributed by atoms with Gasteiger partial charge in [-0.2, -0.15) is 5.10 Å². The van der Waals surface area contributed by atoms with Gasteiger partial charge in [-0.15, -0.1) is 0 Å². The Hall–Kier alpha value is -6.73. The van der Waals surface area contributed by atoms with Crippen molar-refractivity contribution in [2.45, 2.75) is 95.2 Å². The summed E-state index contributed by atoms with van der Waals surface area (Å²) >= 11 is 0. The highest BCUT2D eigenvalue weighted by atomic mass is 16.5. The van der Waals surface area contributed by atoms with Crippen LogP contribution in [0.25, 0.3) is 11.4 Å². The maximum atomic E-state index is 13.1. The molecule has 0 radical (unpaired) electrons. The van der Waals surface area contributed by atoms with E-state index in [1.54, 1.807) is 17.3 Å². The van der Waals surface area contributed by atoms with Gasteiger partial charge in [0.15, 0.2) is 11.6 Å². The molecule has 2 unspecified atom stereocenters. The Morgan fingerprint density at radius 1 is 0.787 bits per heavy atom. The molecule has 0 saturated carbocycles. The lowest BCUT2D eigenvalue weighted by molar-refractivity contribution is -0.137. The Morgan fingerprint density at radius 2 is 1.49 bits per heavy atom. The third-order valence-corrected chi connectivity index (χ3v) is 14.8. The van der Waals surface area contributed by atoms with Gasteiger partial charge < -0.3 is 44.3 Å². The second kappa shape index (κ2) is 26.2. The molecule has 75 heavy (non-hydrogen) atoms. The number of aromatic amines is 1. The van der Waals surface area contributed by atoms with Gasteiger partial charge in [0.05, 0.1) is 38.6 Å². The lowest BCUT2D eigenvalue weighted by Gasteiger charge is -2.37. The highest BCUT2D eigenvalue weighted by molar-refractivity contribution is 6.05. The number of hydrogen-bond acceptors (Lipinski definition) is 14. The van der Waals surface area contributed by atoms with E-state index in [2.05, 4.69) is 85.4 Å². The van der Waals surface area contributed by atoms with Crippen LogP contribution in [0.1, 0.15) is 110 Å². The van der Waals surface area contributed by atoms with Crippen LogP contribution in [0.3, 0.4) is 0 Å². The normalized spacial score (nSPS) is 18.0. The van der Waals surface area contributed by atoms with Crippen molar-refractivity contribution in [1.82, 2.24) is 40.6 Å². The number of pyridine rings is 1. The Kier molecular flexibility index (Phi) is 18.5. The number of imide groups is 1. The highest BCUT2D eigenvalue weighted by Crippen LogP contribution is 2.36. The van der Waals surface area contributed by atoms with Gasteiger partial charge >= 0.3 is 0 Å². The molecule has 0 spiro atoms. The first-order valence-electron chi connectivity index (χ1n) is 26.9. The molecule has 4 aliphatic rings. The first-order valence-corrected chi connectivity index (χ1v) is 26.9. The van der Waals surface area contributed by atoms with Crippen LogP contribution in [-0.4, -0.2) is 145 Å². The average Bonchev–Trinajstić information content (AvgIpc) is 4.08. The van der Waals surface area contributed by atoms with Crippen LogP contribution in [0.2, 0.25) is 0 Å². The number of rotatable bonds is 26. The van der Waals surface area contributed by atoms with E-state index >= 15 is 0 Å². The fourth-order valence-corrected chi connectivity index (χ4v) is 10.5. The molecule has 2 atom stereocenters. The molecule has 398 valence electrons. The number of amides is 4. The molecule has 5 aromatic rings. The molecule has 3 fully saturated rings. The van der Waals surface area contributed by atoms with Crippen molar-refractivity contribution < 1.29 is 38.1 Å². The number of piperidine rings is 2. The van der Waals surface area contributed by atoms with E-state index in [0.717, 1.165) is 85.7 Å². The van der Waals surface area contributed by atoms with Crippen LogP contribution in [-0.2, 0) is 40.7 Å². The SMILES string of the molecule is CC(c1cccc(NC2(c3nc(-c4ccncc4)n[nH]3)CCNCC2)c1)c1cccc(OCCCCCCOCCOCCOCCCC(=O)N2CCN(c3ccc4c(c3)CN(C3CCC(=O)NC3=O)C4=O)CC2)c1. The molecular formula is C57H72N10O8. The summed E-state index contributed by atoms with van der Waals surface area (Å²) in [5, 5.41) is 17.6. The van der Waals surface area contributed by atoms with Crippen molar-refractivity contribution in [3.05, 3.63) is 119 Å². The summed E-state index contributed by atoms with van der Waals surface area (Å²) in [4.78, 5) is 64.8. The Labute approximate surface area is 439 Å². The lowest BCUT2D eigenvalue weighted by atomic mass is 9.86. The van der Waals surface area contributed by atoms with Gasteiger partial charge in [0.1, 0.15) is 11.8 Å². The zero-order valence-electron chi connectivity index (χ0n) is 43.2. The number of anilines is 2. The van der Waals surface area contributed by atoms with Crippen LogP contribution < -0.4 is 25.6 Å². The minimum atomic E-state index is -0.633. The quantitative estimate of drug-likeness (QED) is 0.0341. The van der Waals surface area contributed by atoms with Gasteiger partial charge in [-0.1, -0.05) is 37.6 Å². The fourth-order valence-electron chi connectivity index (χ4n) is 10.5. The number of benzene rings is 3. The van der Waals surface area contributed by atoms with E-state index in [0.29, 0.717) is 110 Å². The Balaban J connectivity index is 0.578.